The number of aromatic nitrogens is 2. The number of rotatable bonds is 5. The highest BCUT2D eigenvalue weighted by atomic mass is 16.5. The van der Waals surface area contributed by atoms with Crippen molar-refractivity contribution >= 4 is 11.9 Å². The number of carboxylic acid groups (broad SMARTS) is 1. The highest BCUT2D eigenvalue weighted by molar-refractivity contribution is 5.80. The second-order valence-electron chi connectivity index (χ2n) is 6.43. The molecule has 0 spiro atoms. The van der Waals surface area contributed by atoms with Crippen LogP contribution in [0.25, 0.3) is 0 Å². The zero-order valence-corrected chi connectivity index (χ0v) is 14.3. The number of carbonyl (C=O) groups excluding carboxylic acids is 1. The maximum atomic E-state index is 12.6. The monoisotopic (exact) mass is 343 g/mol. The summed E-state index contributed by atoms with van der Waals surface area (Å²) >= 11 is 0. The molecule has 1 aliphatic rings. The third-order valence-electron chi connectivity index (χ3n) is 4.89. The third kappa shape index (κ3) is 3.55. The van der Waals surface area contributed by atoms with Crippen molar-refractivity contribution in [1.29, 1.82) is 0 Å². The number of carboxylic acids is 1. The summed E-state index contributed by atoms with van der Waals surface area (Å²) in [7, 11) is 0. The summed E-state index contributed by atoms with van der Waals surface area (Å²) in [4.78, 5) is 29.8. The average Bonchev–Trinajstić information content (AvgIpc) is 3.18. The molecule has 1 N–H and O–H groups in total. The molecule has 132 valence electrons. The van der Waals surface area contributed by atoms with E-state index in [9.17, 15) is 14.7 Å². The van der Waals surface area contributed by atoms with Gasteiger partial charge in [0.25, 0.3) is 0 Å². The van der Waals surface area contributed by atoms with Crippen LogP contribution in [0.5, 0.6) is 0 Å². The maximum absolute atomic E-state index is 12.6. The third-order valence-corrected chi connectivity index (χ3v) is 4.89. The van der Waals surface area contributed by atoms with E-state index in [2.05, 4.69) is 10.1 Å². The van der Waals surface area contributed by atoms with Crippen LogP contribution in [0, 0.1) is 19.8 Å². The van der Waals surface area contributed by atoms with E-state index in [0.717, 1.165) is 22.6 Å². The van der Waals surface area contributed by atoms with Crippen LogP contribution < -0.4 is 0 Å². The highest BCUT2D eigenvalue weighted by Crippen LogP contribution is 2.33. The Balaban J connectivity index is 1.68. The summed E-state index contributed by atoms with van der Waals surface area (Å²) in [6, 6.07) is 3.64. The van der Waals surface area contributed by atoms with E-state index in [1.54, 1.807) is 17.3 Å². The van der Waals surface area contributed by atoms with Gasteiger partial charge in [0.1, 0.15) is 5.76 Å². The fraction of sp³-hybridized carbons (Fsp3) is 0.444. The van der Waals surface area contributed by atoms with Crippen molar-refractivity contribution in [2.24, 2.45) is 5.92 Å². The van der Waals surface area contributed by atoms with Gasteiger partial charge in [-0.2, -0.15) is 0 Å². The first-order chi connectivity index (χ1) is 12.0. The zero-order valence-electron chi connectivity index (χ0n) is 14.3. The van der Waals surface area contributed by atoms with Crippen LogP contribution in [0.3, 0.4) is 0 Å². The molecule has 7 nitrogen and oxygen atoms in total. The topological polar surface area (TPSA) is 96.5 Å². The van der Waals surface area contributed by atoms with Crippen molar-refractivity contribution in [3.05, 3.63) is 47.1 Å². The van der Waals surface area contributed by atoms with Gasteiger partial charge >= 0.3 is 5.97 Å². The summed E-state index contributed by atoms with van der Waals surface area (Å²) in [6.45, 7) is 4.34. The lowest BCUT2D eigenvalue weighted by Gasteiger charge is -2.16. The Morgan fingerprint density at radius 3 is 2.60 bits per heavy atom. The number of pyridine rings is 1. The highest BCUT2D eigenvalue weighted by Gasteiger charge is 2.40. The standard InChI is InChI=1S/C18H21N3O4/c1-11-14(12(2)25-20-11)3-4-17(22)21-9-15(16(10-21)18(23)24)13-5-7-19-8-6-13/h5-8,15-16H,3-4,9-10H2,1-2H3,(H,23,24). The van der Waals surface area contributed by atoms with Gasteiger partial charge in [-0.05, 0) is 38.0 Å². The number of aliphatic carboxylic acids is 1. The molecule has 0 aromatic carbocycles. The minimum absolute atomic E-state index is 0.0391. The Morgan fingerprint density at radius 1 is 1.28 bits per heavy atom. The molecule has 1 saturated heterocycles. The molecule has 0 bridgehead atoms. The first-order valence-corrected chi connectivity index (χ1v) is 8.29. The predicted molar refractivity (Wildman–Crippen MR) is 89.0 cm³/mol. The van der Waals surface area contributed by atoms with Crippen LogP contribution in [0.15, 0.2) is 29.0 Å². The fourth-order valence-corrected chi connectivity index (χ4v) is 3.45. The van der Waals surface area contributed by atoms with E-state index in [4.69, 9.17) is 4.52 Å². The minimum Gasteiger partial charge on any atom is -0.481 e. The number of hydrogen-bond donors (Lipinski definition) is 1. The van der Waals surface area contributed by atoms with Crippen molar-refractivity contribution in [3.63, 3.8) is 0 Å². The van der Waals surface area contributed by atoms with Gasteiger partial charge < -0.3 is 14.5 Å². The van der Waals surface area contributed by atoms with Gasteiger partial charge in [-0.1, -0.05) is 5.16 Å². The lowest BCUT2D eigenvalue weighted by atomic mass is 9.90. The molecule has 2 unspecified atom stereocenters. The number of nitrogens with zero attached hydrogens (tertiary/aromatic N) is 3. The normalized spacial score (nSPS) is 20.0. The van der Waals surface area contributed by atoms with Crippen molar-refractivity contribution in [2.75, 3.05) is 13.1 Å². The van der Waals surface area contributed by atoms with E-state index >= 15 is 0 Å². The van der Waals surface area contributed by atoms with Crippen molar-refractivity contribution < 1.29 is 19.2 Å². The zero-order chi connectivity index (χ0) is 18.0. The first kappa shape index (κ1) is 17.1. The second kappa shape index (κ2) is 7.04. The minimum atomic E-state index is -0.872. The fourth-order valence-electron chi connectivity index (χ4n) is 3.45. The SMILES string of the molecule is Cc1noc(C)c1CCC(=O)N1CC(C(=O)O)C(c2ccncc2)C1. The Bertz CT molecular complexity index is 752. The number of hydrogen-bond acceptors (Lipinski definition) is 5. The molecule has 3 heterocycles. The van der Waals surface area contributed by atoms with Gasteiger partial charge in [-0.15, -0.1) is 0 Å². The quantitative estimate of drug-likeness (QED) is 0.891. The lowest BCUT2D eigenvalue weighted by molar-refractivity contribution is -0.141. The van der Waals surface area contributed by atoms with Gasteiger partial charge in [0.05, 0.1) is 11.6 Å². The van der Waals surface area contributed by atoms with Gasteiger partial charge in [0, 0.05) is 43.4 Å². The molecule has 0 saturated carbocycles. The van der Waals surface area contributed by atoms with Crippen LogP contribution >= 0.6 is 0 Å². The molecule has 25 heavy (non-hydrogen) atoms. The average molecular weight is 343 g/mol. The molecular formula is C18H21N3O4. The molecule has 1 amide bonds. The lowest BCUT2D eigenvalue weighted by Crippen LogP contribution is -2.30. The summed E-state index contributed by atoms with van der Waals surface area (Å²) in [5.41, 5.74) is 2.65. The van der Waals surface area contributed by atoms with E-state index in [0.29, 0.717) is 19.4 Å². The Morgan fingerprint density at radius 2 is 2.00 bits per heavy atom. The van der Waals surface area contributed by atoms with E-state index in [-0.39, 0.29) is 18.4 Å². The van der Waals surface area contributed by atoms with Crippen molar-refractivity contribution in [2.45, 2.75) is 32.6 Å². The van der Waals surface area contributed by atoms with Crippen LogP contribution in [0.1, 0.15) is 34.9 Å². The number of carbonyl (C=O) groups is 2. The van der Waals surface area contributed by atoms with Gasteiger partial charge in [-0.25, -0.2) is 0 Å². The Labute approximate surface area is 145 Å². The van der Waals surface area contributed by atoms with Gasteiger partial charge in [0.2, 0.25) is 5.91 Å². The van der Waals surface area contributed by atoms with Crippen molar-refractivity contribution in [1.82, 2.24) is 15.0 Å². The van der Waals surface area contributed by atoms with Gasteiger partial charge in [-0.3, -0.25) is 14.6 Å². The number of aryl methyl sites for hydroxylation is 2. The predicted octanol–water partition coefficient (Wildman–Crippen LogP) is 1.95. The number of likely N-dealkylation sites (tertiary alicyclic amines) is 1. The molecule has 0 aliphatic carbocycles. The van der Waals surface area contributed by atoms with E-state index in [1.807, 2.05) is 26.0 Å². The maximum Gasteiger partial charge on any atom is 0.308 e. The molecule has 2 aromatic heterocycles. The summed E-state index contributed by atoms with van der Waals surface area (Å²) in [5.74, 6) is -0.982. The van der Waals surface area contributed by atoms with Gasteiger partial charge in [0.15, 0.2) is 0 Å². The first-order valence-electron chi connectivity index (χ1n) is 8.29. The Hall–Kier alpha value is -2.70. The van der Waals surface area contributed by atoms with Crippen LogP contribution in [0.2, 0.25) is 0 Å². The molecule has 0 radical (unpaired) electrons. The van der Waals surface area contributed by atoms with Crippen LogP contribution in [-0.4, -0.2) is 45.1 Å². The van der Waals surface area contributed by atoms with Crippen molar-refractivity contribution in [3.8, 4) is 0 Å². The molecule has 3 rings (SSSR count). The second-order valence-corrected chi connectivity index (χ2v) is 6.43. The van der Waals surface area contributed by atoms with E-state index in [1.165, 1.54) is 0 Å². The summed E-state index contributed by atoms with van der Waals surface area (Å²) in [6.07, 6.45) is 4.17. The molecule has 1 fully saturated rings. The largest absolute Gasteiger partial charge is 0.481 e. The van der Waals surface area contributed by atoms with Crippen LogP contribution in [0.4, 0.5) is 0 Å². The molecule has 2 atom stereocenters. The molecule has 2 aromatic rings. The van der Waals surface area contributed by atoms with E-state index < -0.39 is 11.9 Å². The Kier molecular flexibility index (Phi) is 4.83. The molecular weight excluding hydrogens is 322 g/mol. The smallest absolute Gasteiger partial charge is 0.308 e. The molecule has 7 heteroatoms. The summed E-state index contributed by atoms with van der Waals surface area (Å²) in [5, 5.41) is 13.4. The summed E-state index contributed by atoms with van der Waals surface area (Å²) < 4.78 is 5.12. The molecule has 1 aliphatic heterocycles. The number of amides is 1. The van der Waals surface area contributed by atoms with Crippen LogP contribution in [-0.2, 0) is 16.0 Å².